The Balaban J connectivity index is 1.21. The van der Waals surface area contributed by atoms with Crippen LogP contribution in [0.1, 0.15) is 64.9 Å². The van der Waals surface area contributed by atoms with E-state index in [1.54, 1.807) is 62.4 Å². The van der Waals surface area contributed by atoms with Crippen LogP contribution in [0.3, 0.4) is 0 Å². The van der Waals surface area contributed by atoms with Crippen LogP contribution >= 0.6 is 0 Å². The van der Waals surface area contributed by atoms with Gasteiger partial charge in [0.05, 0.1) is 49.3 Å². The molecule has 4 heterocycles. The molecule has 27 nitrogen and oxygen atoms in total. The number of fused-ring (bicyclic) bond motifs is 5. The van der Waals surface area contributed by atoms with Gasteiger partial charge >= 0.3 is 12.0 Å². The van der Waals surface area contributed by atoms with Crippen LogP contribution in [0.5, 0.6) is 0 Å². The number of aliphatic hydroxyl groups excluding tert-OH is 6. The van der Waals surface area contributed by atoms with Crippen LogP contribution in [0.4, 0.5) is 10.5 Å². The zero-order chi connectivity index (χ0) is 54.9. The third-order valence-electron chi connectivity index (χ3n) is 13.2. The number of primary amides is 1. The topological polar surface area (TPSA) is 409 Å². The highest BCUT2D eigenvalue weighted by Gasteiger charge is 2.56. The number of carbonyl (C=O) groups is 7. The molecule has 27 heteroatoms. The third kappa shape index (κ3) is 13.8. The number of nitrogens with two attached hydrogens (primary N) is 1. The molecule has 7 amide bonds. The van der Waals surface area contributed by atoms with E-state index in [0.717, 1.165) is 6.92 Å². The summed E-state index contributed by atoms with van der Waals surface area (Å²) in [6.45, 7) is 3.30. The fourth-order valence-electron chi connectivity index (χ4n) is 9.26. The molecule has 0 saturated carbocycles. The summed E-state index contributed by atoms with van der Waals surface area (Å²) >= 11 is 0. The first-order chi connectivity index (χ1) is 35.5. The van der Waals surface area contributed by atoms with Crippen molar-refractivity contribution in [3.05, 3.63) is 54.1 Å². The van der Waals surface area contributed by atoms with Crippen molar-refractivity contribution in [1.29, 1.82) is 0 Å². The molecule has 3 aliphatic heterocycles. The van der Waals surface area contributed by atoms with Gasteiger partial charge in [-0.25, -0.2) is 14.3 Å². The number of ether oxygens (including phenoxy) is 3. The maximum absolute atomic E-state index is 14.3. The van der Waals surface area contributed by atoms with Crippen molar-refractivity contribution in [2.45, 2.75) is 145 Å². The molecule has 12 unspecified atom stereocenters. The molecule has 0 bridgehead atoms. The van der Waals surface area contributed by atoms with Gasteiger partial charge in [0.1, 0.15) is 48.3 Å². The van der Waals surface area contributed by atoms with Crippen molar-refractivity contribution in [2.75, 3.05) is 25.1 Å². The number of amides is 7. The number of carboxylic acids is 1. The van der Waals surface area contributed by atoms with Gasteiger partial charge in [-0.2, -0.15) is 0 Å². The van der Waals surface area contributed by atoms with Gasteiger partial charge in [0.25, 0.3) is 5.79 Å². The lowest BCUT2D eigenvalue weighted by atomic mass is 9.88. The van der Waals surface area contributed by atoms with Crippen molar-refractivity contribution in [3.63, 3.8) is 0 Å². The Morgan fingerprint density at radius 2 is 1.63 bits per heavy atom. The molecule has 14 N–H and O–H groups in total. The molecule has 12 atom stereocenters. The average molecular weight is 1060 g/mol. The molecular formula is C48H66N10O17. The zero-order valence-electron chi connectivity index (χ0n) is 41.7. The quantitative estimate of drug-likeness (QED) is 0.0475. The third-order valence-corrected chi connectivity index (χ3v) is 13.2. The molecule has 0 aliphatic carbocycles. The Hall–Kier alpha value is -6.69. The predicted molar refractivity (Wildman–Crippen MR) is 260 cm³/mol. The van der Waals surface area contributed by atoms with Gasteiger partial charge in [0.15, 0.2) is 6.29 Å². The Labute approximate surface area is 430 Å². The van der Waals surface area contributed by atoms with E-state index in [0.29, 0.717) is 34.5 Å². The maximum atomic E-state index is 14.3. The number of hydrogen-bond donors (Lipinski definition) is 13. The van der Waals surface area contributed by atoms with Crippen LogP contribution in [0, 0.1) is 5.92 Å². The molecular weight excluding hydrogens is 989 g/mol. The summed E-state index contributed by atoms with van der Waals surface area (Å²) in [5.41, 5.74) is 7.53. The second-order valence-corrected chi connectivity index (χ2v) is 19.0. The minimum Gasteiger partial charge on any atom is -0.477 e. The van der Waals surface area contributed by atoms with Crippen molar-refractivity contribution in [2.24, 2.45) is 11.7 Å². The summed E-state index contributed by atoms with van der Waals surface area (Å²) in [6.07, 6.45) is -15.0. The first-order valence-corrected chi connectivity index (χ1v) is 24.4. The molecule has 3 aromatic rings. The largest absolute Gasteiger partial charge is 0.477 e. The number of para-hydroxylation sites is 1. The van der Waals surface area contributed by atoms with E-state index in [-0.39, 0.29) is 44.5 Å². The highest BCUT2D eigenvalue weighted by Crippen LogP contribution is 2.42. The Kier molecular flexibility index (Phi) is 19.4. The normalized spacial score (nSPS) is 24.8. The number of hydrogen-bond acceptors (Lipinski definition) is 18. The summed E-state index contributed by atoms with van der Waals surface area (Å²) in [5, 5.41) is 97.5. The van der Waals surface area contributed by atoms with Crippen molar-refractivity contribution in [3.8, 4) is 22.5 Å². The molecule has 2 saturated heterocycles. The second-order valence-electron chi connectivity index (χ2n) is 19.0. The fraction of sp³-hybridized carbons (Fsp3) is 0.562. The molecule has 0 radical (unpaired) electrons. The van der Waals surface area contributed by atoms with Gasteiger partial charge in [0.2, 0.25) is 29.5 Å². The number of carboxylic acid groups (broad SMARTS) is 1. The minimum absolute atomic E-state index is 0.0411. The summed E-state index contributed by atoms with van der Waals surface area (Å²) in [7, 11) is 1.41. The molecule has 6 rings (SSSR count). The van der Waals surface area contributed by atoms with Crippen LogP contribution in [0.2, 0.25) is 0 Å². The average Bonchev–Trinajstić information content (AvgIpc) is 3.77. The van der Waals surface area contributed by atoms with Crippen LogP contribution in [-0.4, -0.2) is 185 Å². The number of urea groups is 1. The van der Waals surface area contributed by atoms with E-state index >= 15 is 0 Å². The monoisotopic (exact) mass is 1050 g/mol. The molecule has 2 fully saturated rings. The van der Waals surface area contributed by atoms with Gasteiger partial charge in [-0.15, -0.1) is 5.10 Å². The number of rotatable bonds is 21. The summed E-state index contributed by atoms with van der Waals surface area (Å²) < 4.78 is 18.0. The van der Waals surface area contributed by atoms with Crippen LogP contribution in [-0.2, 0) is 56.1 Å². The standard InChI is InChI=1S/C48H66N10O17/c1-23(2)37(45(69)53-28(44(68)50-4)13-9-17-51-47(49)72)54-34(63)15-16-35(64)57-20-25-10-5-6-11-26(25)40-38(27-12-7-8-14-29(27)57)55-56-58(40)21-32(62)42(67)43-39(52-24(3)59)31(61)19-48(75-43,46(70)71)73-22-33-41(66)30(60)18-36(65)74-33/h5-8,10-12,14,23,28,30-33,36-37,39,41-43,60-62,65-67H,9,13,15-22H2,1-4H3,(H,50,68)(H,52,59)(H,53,69)(H,54,63)(H,70,71)(H3,49,51,72). The smallest absolute Gasteiger partial charge is 0.364 e. The number of aliphatic hydroxyl groups is 6. The number of aliphatic carboxylic acids is 1. The minimum atomic E-state index is -2.78. The Morgan fingerprint density at radius 3 is 2.29 bits per heavy atom. The van der Waals surface area contributed by atoms with E-state index in [2.05, 4.69) is 36.9 Å². The summed E-state index contributed by atoms with van der Waals surface area (Å²) in [6, 6.07) is 9.35. The summed E-state index contributed by atoms with van der Waals surface area (Å²) in [4.78, 5) is 91.7. The number of benzene rings is 2. The predicted octanol–water partition coefficient (Wildman–Crippen LogP) is -2.94. The highest BCUT2D eigenvalue weighted by atomic mass is 16.7. The fourth-order valence-corrected chi connectivity index (χ4v) is 9.26. The zero-order valence-corrected chi connectivity index (χ0v) is 41.7. The van der Waals surface area contributed by atoms with E-state index < -0.39 is 140 Å². The maximum Gasteiger partial charge on any atom is 0.364 e. The van der Waals surface area contributed by atoms with E-state index in [1.165, 1.54) is 16.6 Å². The molecule has 2 aromatic carbocycles. The molecule has 410 valence electrons. The highest BCUT2D eigenvalue weighted by molar-refractivity contribution is 6.01. The SMILES string of the molecule is CNC(=O)C(CCCNC(N)=O)NC(=O)C(NC(=O)CCC(=O)N1Cc2ccccc2-c2c(nnn2CC(O)C(O)C2OC(OCC3OC(O)CC(O)C3O)(C(=O)O)CC(O)C2NC(C)=O)-c2ccccc21)C(C)C. The second kappa shape index (κ2) is 25.2. The first kappa shape index (κ1) is 57.6. The number of aromatic nitrogens is 3. The lowest BCUT2D eigenvalue weighted by molar-refractivity contribution is -0.326. The van der Waals surface area contributed by atoms with E-state index in [1.807, 2.05) is 0 Å². The van der Waals surface area contributed by atoms with Crippen LogP contribution in [0.25, 0.3) is 22.5 Å². The van der Waals surface area contributed by atoms with Gasteiger partial charge in [0, 0.05) is 57.3 Å². The number of carbonyl (C=O) groups excluding carboxylic acids is 6. The molecule has 0 spiro atoms. The van der Waals surface area contributed by atoms with Crippen LogP contribution in [0.15, 0.2) is 48.5 Å². The molecule has 3 aliphatic rings. The van der Waals surface area contributed by atoms with Crippen molar-refractivity contribution < 1.29 is 83.5 Å². The molecule has 75 heavy (non-hydrogen) atoms. The lowest BCUT2D eigenvalue weighted by Crippen LogP contribution is -2.68. The van der Waals surface area contributed by atoms with E-state index in [4.69, 9.17) is 19.9 Å². The number of anilines is 1. The van der Waals surface area contributed by atoms with Crippen molar-refractivity contribution in [1.82, 2.24) is 41.6 Å². The first-order valence-electron chi connectivity index (χ1n) is 24.4. The van der Waals surface area contributed by atoms with Gasteiger partial charge in [-0.3, -0.25) is 24.0 Å². The number of nitrogens with one attached hydrogen (secondary N) is 5. The van der Waals surface area contributed by atoms with E-state index in [9.17, 15) is 69.3 Å². The van der Waals surface area contributed by atoms with Gasteiger partial charge in [-0.1, -0.05) is 61.5 Å². The lowest BCUT2D eigenvalue weighted by Gasteiger charge is -2.47. The number of likely N-dealkylation sites (N-methyl/N-ethyl adjacent to an activating group) is 1. The van der Waals surface area contributed by atoms with Crippen molar-refractivity contribution >= 4 is 47.2 Å². The summed E-state index contributed by atoms with van der Waals surface area (Å²) in [5.74, 6) is -7.92. The Morgan fingerprint density at radius 1 is 0.933 bits per heavy atom. The number of nitrogens with zero attached hydrogens (tertiary/aromatic N) is 4. The van der Waals surface area contributed by atoms with Gasteiger partial charge in [-0.05, 0) is 30.4 Å². The van der Waals surface area contributed by atoms with Crippen LogP contribution < -0.4 is 37.2 Å². The molecule has 1 aromatic heterocycles. The van der Waals surface area contributed by atoms with Gasteiger partial charge < -0.3 is 87.2 Å². The Bertz CT molecular complexity index is 2550.